The van der Waals surface area contributed by atoms with E-state index in [4.69, 9.17) is 4.98 Å². The zero-order chi connectivity index (χ0) is 15.7. The standard InChI is InChI=1S/C18H27N3/c1-17(2,3)19-12-14-11-13-9-7-8-10-15(13)16(20-14)21-18(4,5)6/h7-11,19H,12H2,1-6H3,(H,20,21). The smallest absolute Gasteiger partial charge is 0.134 e. The predicted octanol–water partition coefficient (Wildman–Crippen LogP) is 4.33. The van der Waals surface area contributed by atoms with E-state index in [1.54, 1.807) is 0 Å². The quantitative estimate of drug-likeness (QED) is 0.881. The van der Waals surface area contributed by atoms with Gasteiger partial charge in [-0.2, -0.15) is 0 Å². The van der Waals surface area contributed by atoms with Crippen molar-refractivity contribution in [1.29, 1.82) is 0 Å². The van der Waals surface area contributed by atoms with E-state index in [9.17, 15) is 0 Å². The number of nitrogens with zero attached hydrogens (tertiary/aromatic N) is 1. The van der Waals surface area contributed by atoms with Crippen molar-refractivity contribution in [2.45, 2.75) is 59.2 Å². The summed E-state index contributed by atoms with van der Waals surface area (Å²) < 4.78 is 0. The fourth-order valence-electron chi connectivity index (χ4n) is 2.15. The van der Waals surface area contributed by atoms with Gasteiger partial charge in [0.1, 0.15) is 5.82 Å². The Morgan fingerprint density at radius 3 is 2.24 bits per heavy atom. The van der Waals surface area contributed by atoms with Crippen LogP contribution < -0.4 is 10.6 Å². The van der Waals surface area contributed by atoms with Gasteiger partial charge in [0.15, 0.2) is 0 Å². The molecule has 1 aromatic heterocycles. The van der Waals surface area contributed by atoms with E-state index in [0.29, 0.717) is 0 Å². The SMILES string of the molecule is CC(C)(C)NCc1cc2ccccc2c(NC(C)(C)C)n1. The Balaban J connectivity index is 2.39. The van der Waals surface area contributed by atoms with Crippen molar-refractivity contribution in [3.8, 4) is 0 Å². The molecule has 0 aliphatic carbocycles. The number of nitrogens with one attached hydrogen (secondary N) is 2. The van der Waals surface area contributed by atoms with E-state index in [-0.39, 0.29) is 11.1 Å². The van der Waals surface area contributed by atoms with Crippen LogP contribution in [-0.2, 0) is 6.54 Å². The van der Waals surface area contributed by atoms with Gasteiger partial charge in [-0.3, -0.25) is 0 Å². The maximum absolute atomic E-state index is 4.82. The van der Waals surface area contributed by atoms with Crippen LogP contribution >= 0.6 is 0 Å². The van der Waals surface area contributed by atoms with Crippen molar-refractivity contribution in [1.82, 2.24) is 10.3 Å². The molecule has 0 aliphatic heterocycles. The van der Waals surface area contributed by atoms with E-state index in [1.165, 1.54) is 10.8 Å². The van der Waals surface area contributed by atoms with Gasteiger partial charge in [0, 0.05) is 23.0 Å². The Bertz CT molecular complexity index is 618. The van der Waals surface area contributed by atoms with Crippen molar-refractivity contribution < 1.29 is 0 Å². The number of anilines is 1. The molecule has 0 spiro atoms. The molecule has 1 aromatic carbocycles. The highest BCUT2D eigenvalue weighted by atomic mass is 15.1. The van der Waals surface area contributed by atoms with Crippen molar-refractivity contribution in [3.05, 3.63) is 36.0 Å². The largest absolute Gasteiger partial charge is 0.365 e. The summed E-state index contributed by atoms with van der Waals surface area (Å²) in [6.07, 6.45) is 0. The molecule has 0 saturated carbocycles. The summed E-state index contributed by atoms with van der Waals surface area (Å²) in [5, 5.41) is 9.43. The number of pyridine rings is 1. The molecule has 0 fully saturated rings. The van der Waals surface area contributed by atoms with Crippen LogP contribution in [0.4, 0.5) is 5.82 Å². The van der Waals surface area contributed by atoms with Crippen LogP contribution in [0.1, 0.15) is 47.2 Å². The predicted molar refractivity (Wildman–Crippen MR) is 91.7 cm³/mol. The van der Waals surface area contributed by atoms with Crippen LogP contribution in [0.25, 0.3) is 10.8 Å². The second-order valence-corrected chi connectivity index (χ2v) is 7.66. The van der Waals surface area contributed by atoms with E-state index in [1.807, 2.05) is 0 Å². The van der Waals surface area contributed by atoms with Crippen LogP contribution in [-0.4, -0.2) is 16.1 Å². The van der Waals surface area contributed by atoms with Gasteiger partial charge >= 0.3 is 0 Å². The molecule has 0 saturated heterocycles. The molecule has 2 rings (SSSR count). The fourth-order valence-corrected chi connectivity index (χ4v) is 2.15. The van der Waals surface area contributed by atoms with Crippen LogP contribution in [0.2, 0.25) is 0 Å². The van der Waals surface area contributed by atoms with Crippen LogP contribution in [0.5, 0.6) is 0 Å². The van der Waals surface area contributed by atoms with E-state index in [2.05, 4.69) is 82.5 Å². The molecule has 0 radical (unpaired) electrons. The number of hydrogen-bond acceptors (Lipinski definition) is 3. The first kappa shape index (κ1) is 15.8. The normalized spacial score (nSPS) is 12.7. The molecule has 0 aliphatic rings. The Hall–Kier alpha value is -1.61. The highest BCUT2D eigenvalue weighted by molar-refractivity contribution is 5.92. The Kier molecular flexibility index (Phi) is 4.24. The Morgan fingerprint density at radius 2 is 1.62 bits per heavy atom. The molecule has 21 heavy (non-hydrogen) atoms. The maximum Gasteiger partial charge on any atom is 0.134 e. The molecule has 0 amide bonds. The van der Waals surface area contributed by atoms with Crippen molar-refractivity contribution >= 4 is 16.6 Å². The van der Waals surface area contributed by atoms with Crippen LogP contribution in [0.15, 0.2) is 30.3 Å². The van der Waals surface area contributed by atoms with Gasteiger partial charge in [-0.05, 0) is 53.0 Å². The lowest BCUT2D eigenvalue weighted by Gasteiger charge is -2.24. The fraction of sp³-hybridized carbons (Fsp3) is 0.500. The Labute approximate surface area is 128 Å². The lowest BCUT2D eigenvalue weighted by Crippen LogP contribution is -2.35. The average molecular weight is 285 g/mol. The van der Waals surface area contributed by atoms with Crippen molar-refractivity contribution in [2.75, 3.05) is 5.32 Å². The molecular weight excluding hydrogens is 258 g/mol. The highest BCUT2D eigenvalue weighted by Gasteiger charge is 2.15. The molecule has 114 valence electrons. The summed E-state index contributed by atoms with van der Waals surface area (Å²) >= 11 is 0. The minimum atomic E-state index is -0.00808. The van der Waals surface area contributed by atoms with Gasteiger partial charge in [-0.15, -0.1) is 0 Å². The Morgan fingerprint density at radius 1 is 0.952 bits per heavy atom. The zero-order valence-electron chi connectivity index (χ0n) is 14.0. The first-order chi connectivity index (χ1) is 9.64. The van der Waals surface area contributed by atoms with Gasteiger partial charge in [0.2, 0.25) is 0 Å². The van der Waals surface area contributed by atoms with E-state index < -0.39 is 0 Å². The third kappa shape index (κ3) is 4.71. The first-order valence-corrected chi connectivity index (χ1v) is 7.56. The lowest BCUT2D eigenvalue weighted by molar-refractivity contribution is 0.421. The van der Waals surface area contributed by atoms with E-state index in [0.717, 1.165) is 18.1 Å². The summed E-state index contributed by atoms with van der Waals surface area (Å²) in [4.78, 5) is 4.82. The van der Waals surface area contributed by atoms with Crippen molar-refractivity contribution in [2.24, 2.45) is 0 Å². The third-order valence-corrected chi connectivity index (χ3v) is 3.09. The molecule has 2 aromatic rings. The number of hydrogen-bond donors (Lipinski definition) is 2. The molecule has 3 heteroatoms. The molecule has 2 N–H and O–H groups in total. The molecule has 0 bridgehead atoms. The number of fused-ring (bicyclic) bond motifs is 1. The number of aromatic nitrogens is 1. The maximum atomic E-state index is 4.82. The van der Waals surface area contributed by atoms with Gasteiger partial charge in [0.05, 0.1) is 5.69 Å². The van der Waals surface area contributed by atoms with Gasteiger partial charge in [0.25, 0.3) is 0 Å². The highest BCUT2D eigenvalue weighted by Crippen LogP contribution is 2.25. The molecule has 3 nitrogen and oxygen atoms in total. The molecular formula is C18H27N3. The van der Waals surface area contributed by atoms with Crippen molar-refractivity contribution in [3.63, 3.8) is 0 Å². The lowest BCUT2D eigenvalue weighted by atomic mass is 10.1. The van der Waals surface area contributed by atoms with Gasteiger partial charge in [-0.1, -0.05) is 24.3 Å². The first-order valence-electron chi connectivity index (χ1n) is 7.56. The van der Waals surface area contributed by atoms with Gasteiger partial charge in [-0.25, -0.2) is 4.98 Å². The van der Waals surface area contributed by atoms with Gasteiger partial charge < -0.3 is 10.6 Å². The molecule has 0 unspecified atom stereocenters. The van der Waals surface area contributed by atoms with Crippen LogP contribution in [0.3, 0.4) is 0 Å². The second kappa shape index (κ2) is 5.64. The summed E-state index contributed by atoms with van der Waals surface area (Å²) in [7, 11) is 0. The molecule has 0 atom stereocenters. The second-order valence-electron chi connectivity index (χ2n) is 7.66. The monoisotopic (exact) mass is 285 g/mol. The topological polar surface area (TPSA) is 37.0 Å². The summed E-state index contributed by atoms with van der Waals surface area (Å²) in [6, 6.07) is 10.6. The van der Waals surface area contributed by atoms with E-state index >= 15 is 0 Å². The minimum Gasteiger partial charge on any atom is -0.365 e. The third-order valence-electron chi connectivity index (χ3n) is 3.09. The molecule has 1 heterocycles. The number of benzene rings is 1. The number of rotatable bonds is 3. The summed E-state index contributed by atoms with van der Waals surface area (Å²) in [6.45, 7) is 13.7. The minimum absolute atomic E-state index is 0.00808. The average Bonchev–Trinajstić information content (AvgIpc) is 2.34. The zero-order valence-corrected chi connectivity index (χ0v) is 14.0. The summed E-state index contributed by atoms with van der Waals surface area (Å²) in [5.41, 5.74) is 1.15. The summed E-state index contributed by atoms with van der Waals surface area (Å²) in [5.74, 6) is 0.964. The van der Waals surface area contributed by atoms with Crippen LogP contribution in [0, 0.1) is 0 Å².